The Hall–Kier alpha value is -4.63. The van der Waals surface area contributed by atoms with E-state index in [0.717, 1.165) is 11.3 Å². The fourth-order valence-corrected chi connectivity index (χ4v) is 3.86. The lowest BCUT2D eigenvalue weighted by atomic mass is 10.1. The summed E-state index contributed by atoms with van der Waals surface area (Å²) in [6.07, 6.45) is 3.42. The Morgan fingerprint density at radius 1 is 0.943 bits per heavy atom. The lowest BCUT2D eigenvalue weighted by Crippen LogP contribution is -2.19. The number of hydrogen-bond donors (Lipinski definition) is 4. The van der Waals surface area contributed by atoms with E-state index in [0.29, 0.717) is 39.8 Å². The van der Waals surface area contributed by atoms with E-state index < -0.39 is 6.03 Å². The molecule has 0 fully saturated rings. The van der Waals surface area contributed by atoms with Gasteiger partial charge in [-0.15, -0.1) is 0 Å². The van der Waals surface area contributed by atoms with Crippen LogP contribution >= 0.6 is 11.6 Å². The van der Waals surface area contributed by atoms with Crippen LogP contribution in [0.2, 0.25) is 5.02 Å². The standard InChI is InChI=1S/C25H19ClN6O3/c26-20-6-1-2-7-22(20)31-25(35)29-18-13-27-32(14-18)19-5-3-4-15(11-19)24(34)28-17-8-9-21-16(10-17)12-23(33)30-21/h1-11,13-14H,12H2,(H,28,34)(H,30,33)(H2,29,31,35). The lowest BCUT2D eigenvalue weighted by Gasteiger charge is -2.09. The Labute approximate surface area is 205 Å². The predicted molar refractivity (Wildman–Crippen MR) is 134 cm³/mol. The van der Waals surface area contributed by atoms with E-state index in [2.05, 4.69) is 26.4 Å². The molecule has 0 radical (unpaired) electrons. The number of halogens is 1. The number of fused-ring (bicyclic) bond motifs is 1. The van der Waals surface area contributed by atoms with Gasteiger partial charge in [0, 0.05) is 16.9 Å². The molecule has 3 aromatic carbocycles. The molecule has 0 bridgehead atoms. The molecular weight excluding hydrogens is 468 g/mol. The second-order valence-corrected chi connectivity index (χ2v) is 8.24. The van der Waals surface area contributed by atoms with Gasteiger partial charge >= 0.3 is 6.03 Å². The third kappa shape index (κ3) is 4.99. The zero-order valence-corrected chi connectivity index (χ0v) is 19.0. The van der Waals surface area contributed by atoms with Crippen LogP contribution in [0.15, 0.2) is 79.1 Å². The van der Waals surface area contributed by atoms with Gasteiger partial charge in [-0.1, -0.05) is 29.8 Å². The number of carbonyl (C=O) groups excluding carboxylic acids is 3. The minimum atomic E-state index is -0.461. The fraction of sp³-hybridized carbons (Fsp3) is 0.0400. The van der Waals surface area contributed by atoms with Crippen LogP contribution in [-0.2, 0) is 11.2 Å². The lowest BCUT2D eigenvalue weighted by molar-refractivity contribution is -0.115. The van der Waals surface area contributed by atoms with Crippen molar-refractivity contribution in [1.82, 2.24) is 9.78 Å². The average molecular weight is 487 g/mol. The van der Waals surface area contributed by atoms with Crippen molar-refractivity contribution in [2.75, 3.05) is 21.3 Å². The number of rotatable bonds is 5. The number of amides is 4. The van der Waals surface area contributed by atoms with Gasteiger partial charge in [0.05, 0.1) is 40.9 Å². The summed E-state index contributed by atoms with van der Waals surface area (Å²) in [5.74, 6) is -0.362. The zero-order chi connectivity index (χ0) is 24.4. The van der Waals surface area contributed by atoms with Gasteiger partial charge in [0.25, 0.3) is 5.91 Å². The maximum atomic E-state index is 12.8. The fourth-order valence-electron chi connectivity index (χ4n) is 3.68. The molecule has 4 aromatic rings. The number of para-hydroxylation sites is 1. The Bertz CT molecular complexity index is 1470. The van der Waals surface area contributed by atoms with E-state index >= 15 is 0 Å². The van der Waals surface area contributed by atoms with Crippen molar-refractivity contribution < 1.29 is 14.4 Å². The number of benzene rings is 3. The molecule has 0 saturated carbocycles. The third-order valence-corrected chi connectivity index (χ3v) is 5.65. The van der Waals surface area contributed by atoms with Gasteiger partial charge in [-0.3, -0.25) is 9.59 Å². The summed E-state index contributed by atoms with van der Waals surface area (Å²) < 4.78 is 1.55. The van der Waals surface area contributed by atoms with E-state index in [1.165, 1.54) is 6.20 Å². The highest BCUT2D eigenvalue weighted by Gasteiger charge is 2.18. The highest BCUT2D eigenvalue weighted by molar-refractivity contribution is 6.33. The molecule has 1 aliphatic rings. The summed E-state index contributed by atoms with van der Waals surface area (Å²) >= 11 is 6.07. The Kier molecular flexibility index (Phi) is 5.90. The molecule has 0 spiro atoms. The first kappa shape index (κ1) is 22.2. The molecule has 0 saturated heterocycles. The SMILES string of the molecule is O=C1Cc2cc(NC(=O)c3cccc(-n4cc(NC(=O)Nc5ccccc5Cl)cn4)c3)ccc2N1. The summed E-state index contributed by atoms with van der Waals surface area (Å²) in [6.45, 7) is 0. The van der Waals surface area contributed by atoms with Crippen LogP contribution in [0.1, 0.15) is 15.9 Å². The number of nitrogens with one attached hydrogen (secondary N) is 4. The zero-order valence-electron chi connectivity index (χ0n) is 18.2. The minimum absolute atomic E-state index is 0.0643. The van der Waals surface area contributed by atoms with E-state index in [-0.39, 0.29) is 11.8 Å². The molecule has 0 unspecified atom stereocenters. The monoisotopic (exact) mass is 486 g/mol. The molecule has 1 aliphatic heterocycles. The Balaban J connectivity index is 1.26. The van der Waals surface area contributed by atoms with Crippen molar-refractivity contribution in [3.8, 4) is 5.69 Å². The molecule has 10 heteroatoms. The first-order valence-electron chi connectivity index (χ1n) is 10.7. The highest BCUT2D eigenvalue weighted by Crippen LogP contribution is 2.26. The summed E-state index contributed by atoms with van der Waals surface area (Å²) in [5.41, 5.74) is 4.23. The smallest absolute Gasteiger partial charge is 0.323 e. The average Bonchev–Trinajstić information content (AvgIpc) is 3.46. The van der Waals surface area contributed by atoms with Crippen LogP contribution in [0, 0.1) is 0 Å². The summed E-state index contributed by atoms with van der Waals surface area (Å²) in [7, 11) is 0. The molecule has 2 heterocycles. The third-order valence-electron chi connectivity index (χ3n) is 5.32. The molecule has 0 aliphatic carbocycles. The molecule has 1 aromatic heterocycles. The second-order valence-electron chi connectivity index (χ2n) is 7.83. The van der Waals surface area contributed by atoms with Gasteiger partial charge in [-0.05, 0) is 54.1 Å². The van der Waals surface area contributed by atoms with Crippen molar-refractivity contribution in [2.24, 2.45) is 0 Å². The number of anilines is 4. The molecule has 4 N–H and O–H groups in total. The summed E-state index contributed by atoms with van der Waals surface area (Å²) in [6, 6.07) is 18.7. The van der Waals surface area contributed by atoms with Gasteiger partial charge in [0.2, 0.25) is 5.91 Å². The van der Waals surface area contributed by atoms with Crippen molar-refractivity contribution >= 4 is 52.2 Å². The Morgan fingerprint density at radius 2 is 1.80 bits per heavy atom. The van der Waals surface area contributed by atoms with Crippen molar-refractivity contribution in [1.29, 1.82) is 0 Å². The molecule has 5 rings (SSSR count). The van der Waals surface area contributed by atoms with Crippen LogP contribution in [-0.4, -0.2) is 27.6 Å². The van der Waals surface area contributed by atoms with E-state index in [1.54, 1.807) is 77.6 Å². The Morgan fingerprint density at radius 3 is 2.66 bits per heavy atom. The first-order chi connectivity index (χ1) is 16.9. The van der Waals surface area contributed by atoms with Gasteiger partial charge in [0.15, 0.2) is 0 Å². The highest BCUT2D eigenvalue weighted by atomic mass is 35.5. The molecular formula is C25H19ClN6O3. The molecule has 174 valence electrons. The van der Waals surface area contributed by atoms with Crippen molar-refractivity contribution in [2.45, 2.75) is 6.42 Å². The number of urea groups is 1. The van der Waals surface area contributed by atoms with Crippen molar-refractivity contribution in [3.05, 3.63) is 95.3 Å². The van der Waals surface area contributed by atoms with Crippen LogP contribution in [0.5, 0.6) is 0 Å². The van der Waals surface area contributed by atoms with Gasteiger partial charge in [-0.2, -0.15) is 5.10 Å². The van der Waals surface area contributed by atoms with Gasteiger partial charge in [-0.25, -0.2) is 9.48 Å². The maximum absolute atomic E-state index is 12.8. The number of hydrogen-bond acceptors (Lipinski definition) is 4. The topological polar surface area (TPSA) is 117 Å². The summed E-state index contributed by atoms with van der Waals surface area (Å²) in [4.78, 5) is 36.7. The van der Waals surface area contributed by atoms with Crippen LogP contribution < -0.4 is 21.3 Å². The quantitative estimate of drug-likeness (QED) is 0.320. The summed E-state index contributed by atoms with van der Waals surface area (Å²) in [5, 5.41) is 15.7. The van der Waals surface area contributed by atoms with Crippen molar-refractivity contribution in [3.63, 3.8) is 0 Å². The molecule has 0 atom stereocenters. The molecule has 4 amide bonds. The minimum Gasteiger partial charge on any atom is -0.326 e. The van der Waals surface area contributed by atoms with Crippen LogP contribution in [0.25, 0.3) is 5.69 Å². The van der Waals surface area contributed by atoms with Crippen LogP contribution in [0.3, 0.4) is 0 Å². The molecule has 35 heavy (non-hydrogen) atoms. The largest absolute Gasteiger partial charge is 0.326 e. The second kappa shape index (κ2) is 9.32. The van der Waals surface area contributed by atoms with E-state index in [4.69, 9.17) is 11.6 Å². The van der Waals surface area contributed by atoms with E-state index in [9.17, 15) is 14.4 Å². The maximum Gasteiger partial charge on any atom is 0.323 e. The van der Waals surface area contributed by atoms with Gasteiger partial charge in [0.1, 0.15) is 0 Å². The number of aromatic nitrogens is 2. The normalized spacial score (nSPS) is 12.0. The predicted octanol–water partition coefficient (Wildman–Crippen LogP) is 4.92. The first-order valence-corrected chi connectivity index (χ1v) is 11.0. The molecule has 9 nitrogen and oxygen atoms in total. The number of carbonyl (C=O) groups is 3. The van der Waals surface area contributed by atoms with Gasteiger partial charge < -0.3 is 21.3 Å². The number of nitrogens with zero attached hydrogens (tertiary/aromatic N) is 2. The van der Waals surface area contributed by atoms with Crippen LogP contribution in [0.4, 0.5) is 27.5 Å². The van der Waals surface area contributed by atoms with E-state index in [1.807, 2.05) is 0 Å².